The fourth-order valence-corrected chi connectivity index (χ4v) is 4.35. The van der Waals surface area contributed by atoms with E-state index in [1.54, 1.807) is 12.1 Å². The Morgan fingerprint density at radius 3 is 2.54 bits per heavy atom. The molecule has 24 heavy (non-hydrogen) atoms. The van der Waals surface area contributed by atoms with Gasteiger partial charge in [0, 0.05) is 6.54 Å². The summed E-state index contributed by atoms with van der Waals surface area (Å²) >= 11 is 2.83. The van der Waals surface area contributed by atoms with E-state index >= 15 is 0 Å². The van der Waals surface area contributed by atoms with Gasteiger partial charge in [-0.1, -0.05) is 35.2 Å². The molecule has 1 aromatic heterocycles. The van der Waals surface area contributed by atoms with Crippen LogP contribution in [-0.4, -0.2) is 36.3 Å². The molecule has 2 rings (SSSR count). The molecule has 0 aliphatic heterocycles. The van der Waals surface area contributed by atoms with Crippen molar-refractivity contribution in [3.63, 3.8) is 0 Å². The van der Waals surface area contributed by atoms with Crippen molar-refractivity contribution in [3.8, 4) is 0 Å². The molecule has 0 aliphatic carbocycles. The minimum atomic E-state index is -3.68. The summed E-state index contributed by atoms with van der Waals surface area (Å²) in [5.41, 5.74) is 0.919. The van der Waals surface area contributed by atoms with Gasteiger partial charge < -0.3 is 5.32 Å². The summed E-state index contributed by atoms with van der Waals surface area (Å²) in [6, 6.07) is 6.30. The van der Waals surface area contributed by atoms with E-state index in [1.807, 2.05) is 13.8 Å². The molecule has 0 fully saturated rings. The van der Waals surface area contributed by atoms with Crippen LogP contribution in [0.3, 0.4) is 0 Å². The highest BCUT2D eigenvalue weighted by atomic mass is 32.2. The van der Waals surface area contributed by atoms with E-state index in [1.165, 1.54) is 35.2 Å². The molecule has 1 aromatic carbocycles. The number of primary sulfonamides is 1. The molecule has 0 unspecified atom stereocenters. The summed E-state index contributed by atoms with van der Waals surface area (Å²) in [6.07, 6.45) is 0.603. The van der Waals surface area contributed by atoms with Crippen LogP contribution in [0.1, 0.15) is 17.5 Å². The van der Waals surface area contributed by atoms with Gasteiger partial charge in [0.25, 0.3) is 0 Å². The Morgan fingerprint density at radius 2 is 2.00 bits per heavy atom. The van der Waals surface area contributed by atoms with Crippen LogP contribution in [0.15, 0.2) is 33.5 Å². The third kappa shape index (κ3) is 5.55. The number of rotatable bonds is 7. The first-order valence-electron chi connectivity index (χ1n) is 7.12. The number of hydrogen-bond donors (Lipinski definition) is 2. The van der Waals surface area contributed by atoms with Crippen LogP contribution < -0.4 is 10.5 Å². The monoisotopic (exact) mass is 386 g/mol. The Kier molecular flexibility index (Phi) is 6.33. The summed E-state index contributed by atoms with van der Waals surface area (Å²) in [6.45, 7) is 4.15. The summed E-state index contributed by atoms with van der Waals surface area (Å²) in [5.74, 6) is -0.0750. The van der Waals surface area contributed by atoms with Gasteiger partial charge in [-0.25, -0.2) is 13.6 Å². The normalized spacial score (nSPS) is 12.8. The van der Waals surface area contributed by atoms with E-state index in [0.717, 1.165) is 14.9 Å². The van der Waals surface area contributed by atoms with Gasteiger partial charge >= 0.3 is 0 Å². The second-order valence-corrected chi connectivity index (χ2v) is 9.41. The van der Waals surface area contributed by atoms with Crippen molar-refractivity contribution in [2.45, 2.75) is 34.8 Å². The molecule has 1 atom stereocenters. The second kappa shape index (κ2) is 8.06. The minimum Gasteiger partial charge on any atom is -0.355 e. The second-order valence-electron chi connectivity index (χ2n) is 5.08. The van der Waals surface area contributed by atoms with E-state index in [2.05, 4.69) is 15.5 Å². The number of carbonyl (C=O) groups excluding carboxylic acids is 1. The van der Waals surface area contributed by atoms with Crippen molar-refractivity contribution in [1.29, 1.82) is 0 Å². The molecule has 0 bridgehead atoms. The summed E-state index contributed by atoms with van der Waals surface area (Å²) in [4.78, 5) is 12.1. The van der Waals surface area contributed by atoms with Gasteiger partial charge in [-0.05, 0) is 38.0 Å². The zero-order valence-corrected chi connectivity index (χ0v) is 15.7. The first-order valence-corrected chi connectivity index (χ1v) is 10.4. The molecule has 130 valence electrons. The number of nitrogens with zero attached hydrogens (tertiary/aromatic N) is 2. The van der Waals surface area contributed by atoms with Gasteiger partial charge in [0.2, 0.25) is 15.9 Å². The molecule has 1 heterocycles. The maximum absolute atomic E-state index is 12.1. The third-order valence-corrected chi connectivity index (χ3v) is 6.07. The Balaban J connectivity index is 1.79. The summed E-state index contributed by atoms with van der Waals surface area (Å²) < 4.78 is 23.1. The van der Waals surface area contributed by atoms with Gasteiger partial charge in [-0.3, -0.25) is 4.79 Å². The van der Waals surface area contributed by atoms with Crippen LogP contribution >= 0.6 is 23.1 Å². The SMILES string of the molecule is Cc1nnc(S[C@H](C)C(=O)NCCc2ccc(S(N)(=O)=O)cc2)s1. The Morgan fingerprint density at radius 1 is 1.33 bits per heavy atom. The minimum absolute atomic E-state index is 0.0750. The molecule has 0 aliphatic rings. The number of nitrogens with two attached hydrogens (primary N) is 1. The van der Waals surface area contributed by atoms with Crippen molar-refractivity contribution in [1.82, 2.24) is 15.5 Å². The predicted molar refractivity (Wildman–Crippen MR) is 94.5 cm³/mol. The zero-order chi connectivity index (χ0) is 17.7. The van der Waals surface area contributed by atoms with Gasteiger partial charge in [0.15, 0.2) is 4.34 Å². The van der Waals surface area contributed by atoms with Crippen LogP contribution in [-0.2, 0) is 21.2 Å². The summed E-state index contributed by atoms with van der Waals surface area (Å²) in [5, 5.41) is 16.4. The maximum Gasteiger partial charge on any atom is 0.238 e. The van der Waals surface area contributed by atoms with Crippen LogP contribution in [0.4, 0.5) is 0 Å². The molecular weight excluding hydrogens is 368 g/mol. The number of amides is 1. The Hall–Kier alpha value is -1.49. The first kappa shape index (κ1) is 18.8. The van der Waals surface area contributed by atoms with E-state index in [-0.39, 0.29) is 16.1 Å². The summed E-state index contributed by atoms with van der Waals surface area (Å²) in [7, 11) is -3.68. The van der Waals surface area contributed by atoms with E-state index < -0.39 is 10.0 Å². The fourth-order valence-electron chi connectivity index (χ4n) is 1.85. The van der Waals surface area contributed by atoms with Crippen molar-refractivity contribution in [3.05, 3.63) is 34.8 Å². The van der Waals surface area contributed by atoms with Crippen molar-refractivity contribution >= 4 is 39.0 Å². The fraction of sp³-hybridized carbons (Fsp3) is 0.357. The number of aromatic nitrogens is 2. The quantitative estimate of drug-likeness (QED) is 0.694. The molecule has 3 N–H and O–H groups in total. The standard InChI is InChI=1S/C14H18N4O3S3/c1-9(22-14-18-17-10(2)23-14)13(19)16-8-7-11-3-5-12(6-4-11)24(15,20)21/h3-6,9H,7-8H2,1-2H3,(H,16,19)(H2,15,20,21)/t9-/m1/s1. The van der Waals surface area contributed by atoms with Gasteiger partial charge in [-0.2, -0.15) is 0 Å². The van der Waals surface area contributed by atoms with E-state index in [0.29, 0.717) is 13.0 Å². The van der Waals surface area contributed by atoms with Crippen molar-refractivity contribution in [2.75, 3.05) is 6.54 Å². The number of hydrogen-bond acceptors (Lipinski definition) is 7. The van der Waals surface area contributed by atoms with Crippen molar-refractivity contribution < 1.29 is 13.2 Å². The zero-order valence-electron chi connectivity index (χ0n) is 13.2. The molecule has 0 saturated heterocycles. The maximum atomic E-state index is 12.1. The first-order chi connectivity index (χ1) is 11.3. The molecule has 0 spiro atoms. The number of aryl methyl sites for hydroxylation is 1. The third-order valence-electron chi connectivity index (χ3n) is 3.12. The number of nitrogens with one attached hydrogen (secondary N) is 1. The molecule has 2 aromatic rings. The highest BCUT2D eigenvalue weighted by molar-refractivity contribution is 8.02. The average Bonchev–Trinajstić information content (AvgIpc) is 2.91. The molecule has 7 nitrogen and oxygen atoms in total. The van der Waals surface area contributed by atoms with Gasteiger partial charge in [0.05, 0.1) is 10.1 Å². The lowest BCUT2D eigenvalue weighted by molar-refractivity contribution is -0.120. The van der Waals surface area contributed by atoms with Crippen LogP contribution in [0, 0.1) is 6.92 Å². The largest absolute Gasteiger partial charge is 0.355 e. The molecule has 10 heteroatoms. The molecule has 0 radical (unpaired) electrons. The van der Waals surface area contributed by atoms with Crippen molar-refractivity contribution in [2.24, 2.45) is 5.14 Å². The van der Waals surface area contributed by atoms with E-state index in [4.69, 9.17) is 5.14 Å². The molecule has 0 saturated carbocycles. The molecular formula is C14H18N4O3S3. The Labute approximate surface area is 149 Å². The van der Waals surface area contributed by atoms with E-state index in [9.17, 15) is 13.2 Å². The number of benzene rings is 1. The van der Waals surface area contributed by atoms with Crippen LogP contribution in [0.5, 0.6) is 0 Å². The smallest absolute Gasteiger partial charge is 0.238 e. The lowest BCUT2D eigenvalue weighted by Crippen LogP contribution is -2.32. The average molecular weight is 387 g/mol. The predicted octanol–water partition coefficient (Wildman–Crippen LogP) is 1.33. The van der Waals surface area contributed by atoms with Gasteiger partial charge in [0.1, 0.15) is 5.01 Å². The van der Waals surface area contributed by atoms with Crippen LogP contribution in [0.25, 0.3) is 0 Å². The van der Waals surface area contributed by atoms with Crippen LogP contribution in [0.2, 0.25) is 0 Å². The highest BCUT2D eigenvalue weighted by Gasteiger charge is 2.16. The molecule has 1 amide bonds. The number of thioether (sulfide) groups is 1. The number of sulfonamides is 1. The lowest BCUT2D eigenvalue weighted by atomic mass is 10.1. The topological polar surface area (TPSA) is 115 Å². The lowest BCUT2D eigenvalue weighted by Gasteiger charge is -2.10. The Bertz CT molecular complexity index is 803. The number of carbonyl (C=O) groups is 1. The highest BCUT2D eigenvalue weighted by Crippen LogP contribution is 2.26. The van der Waals surface area contributed by atoms with Gasteiger partial charge in [-0.15, -0.1) is 10.2 Å².